The molecule has 2 rings (SSSR count). The maximum Gasteiger partial charge on any atom is 0.275 e. The molecular weight excluding hydrogens is 283 g/mol. The molecule has 0 saturated carbocycles. The van der Waals surface area contributed by atoms with Gasteiger partial charge in [0.1, 0.15) is 5.82 Å². The van der Waals surface area contributed by atoms with E-state index < -0.39 is 0 Å². The minimum atomic E-state index is -0.354. The first-order valence-corrected chi connectivity index (χ1v) is 7.94. The van der Waals surface area contributed by atoms with Crippen LogP contribution in [-0.4, -0.2) is 11.7 Å². The van der Waals surface area contributed by atoms with Crippen LogP contribution in [0.2, 0.25) is 0 Å². The van der Waals surface area contributed by atoms with Gasteiger partial charge in [-0.15, -0.1) is 11.3 Å². The number of amides is 1. The summed E-state index contributed by atoms with van der Waals surface area (Å²) in [6.45, 7) is 2.09. The van der Waals surface area contributed by atoms with Gasteiger partial charge < -0.3 is 0 Å². The van der Waals surface area contributed by atoms with E-state index in [0.29, 0.717) is 16.0 Å². The first-order chi connectivity index (χ1) is 9.19. The maximum atomic E-state index is 14.0. The summed E-state index contributed by atoms with van der Waals surface area (Å²) in [6, 6.07) is 4.90. The van der Waals surface area contributed by atoms with Gasteiger partial charge in [0.2, 0.25) is 0 Å². The highest BCUT2D eigenvalue weighted by Gasteiger charge is 2.19. The zero-order valence-corrected chi connectivity index (χ0v) is 12.2. The summed E-state index contributed by atoms with van der Waals surface area (Å²) in [5.41, 5.74) is 2.88. The summed E-state index contributed by atoms with van der Waals surface area (Å²) in [5.74, 6) is 6.16. The number of carbonyl (C=O) groups is 1. The van der Waals surface area contributed by atoms with Crippen LogP contribution in [0.25, 0.3) is 10.1 Å². The molecule has 102 valence electrons. The summed E-state index contributed by atoms with van der Waals surface area (Å²) in [7, 11) is 0. The number of carbonyl (C=O) groups excluding carboxylic acids is 1. The number of hydrogen-bond donors (Lipinski definition) is 2. The third kappa shape index (κ3) is 2.91. The molecule has 2 aromatic rings. The molecule has 0 fully saturated rings. The molecule has 0 unspecified atom stereocenters. The first kappa shape index (κ1) is 14.3. The standard InChI is InChI=1S/C13H15FN2OS2/c1-2-6-18-7-8-11-9(14)4-3-5-10(11)19-12(8)13(17)16-15/h3-5H,2,6-7,15H2,1H3,(H,16,17). The van der Waals surface area contributed by atoms with Gasteiger partial charge in [0.05, 0.1) is 4.88 Å². The average molecular weight is 298 g/mol. The van der Waals surface area contributed by atoms with Crippen LogP contribution in [-0.2, 0) is 5.75 Å². The fourth-order valence-electron chi connectivity index (χ4n) is 1.87. The van der Waals surface area contributed by atoms with Crippen molar-refractivity contribution < 1.29 is 9.18 Å². The quantitative estimate of drug-likeness (QED) is 0.385. The van der Waals surface area contributed by atoms with Gasteiger partial charge in [-0.2, -0.15) is 11.8 Å². The molecule has 6 heteroatoms. The number of halogens is 1. The van der Waals surface area contributed by atoms with E-state index in [1.54, 1.807) is 17.8 Å². The number of thioether (sulfide) groups is 1. The minimum absolute atomic E-state index is 0.281. The second kappa shape index (κ2) is 6.36. The Kier molecular flexibility index (Phi) is 4.79. The highest BCUT2D eigenvalue weighted by atomic mass is 32.2. The molecule has 0 aliphatic carbocycles. The van der Waals surface area contributed by atoms with Crippen molar-refractivity contribution in [2.24, 2.45) is 5.84 Å². The molecule has 0 spiro atoms. The zero-order chi connectivity index (χ0) is 13.8. The number of nitrogen functional groups attached to an aromatic ring is 1. The number of hydrogen-bond acceptors (Lipinski definition) is 4. The van der Waals surface area contributed by atoms with Crippen molar-refractivity contribution in [1.29, 1.82) is 0 Å². The van der Waals surface area contributed by atoms with Crippen molar-refractivity contribution in [3.63, 3.8) is 0 Å². The lowest BCUT2D eigenvalue weighted by Gasteiger charge is -2.04. The van der Waals surface area contributed by atoms with E-state index in [4.69, 9.17) is 5.84 Å². The van der Waals surface area contributed by atoms with Crippen molar-refractivity contribution in [3.8, 4) is 0 Å². The molecule has 0 bridgehead atoms. The number of benzene rings is 1. The van der Waals surface area contributed by atoms with E-state index in [9.17, 15) is 9.18 Å². The van der Waals surface area contributed by atoms with Crippen LogP contribution in [0, 0.1) is 5.82 Å². The fraction of sp³-hybridized carbons (Fsp3) is 0.308. The molecule has 0 radical (unpaired) electrons. The highest BCUT2D eigenvalue weighted by molar-refractivity contribution is 7.98. The molecule has 3 N–H and O–H groups in total. The van der Waals surface area contributed by atoms with Crippen LogP contribution in [0.15, 0.2) is 18.2 Å². The van der Waals surface area contributed by atoms with E-state index in [1.165, 1.54) is 17.4 Å². The molecule has 19 heavy (non-hydrogen) atoms. The molecule has 0 aliphatic heterocycles. The second-order valence-corrected chi connectivity index (χ2v) is 6.21. The third-order valence-electron chi connectivity index (χ3n) is 2.70. The van der Waals surface area contributed by atoms with Crippen molar-refractivity contribution >= 4 is 39.1 Å². The van der Waals surface area contributed by atoms with Crippen LogP contribution < -0.4 is 11.3 Å². The third-order valence-corrected chi connectivity index (χ3v) is 5.08. The Bertz CT molecular complexity index is 598. The predicted molar refractivity (Wildman–Crippen MR) is 79.9 cm³/mol. The van der Waals surface area contributed by atoms with Gasteiger partial charge in [-0.1, -0.05) is 13.0 Å². The van der Waals surface area contributed by atoms with Crippen LogP contribution in [0.1, 0.15) is 28.6 Å². The Morgan fingerprint density at radius 2 is 2.32 bits per heavy atom. The van der Waals surface area contributed by atoms with Gasteiger partial charge in [-0.05, 0) is 29.9 Å². The Hall–Kier alpha value is -1.11. The lowest BCUT2D eigenvalue weighted by atomic mass is 10.1. The summed E-state index contributed by atoms with van der Waals surface area (Å²) in [4.78, 5) is 12.3. The van der Waals surface area contributed by atoms with Crippen molar-refractivity contribution in [2.45, 2.75) is 19.1 Å². The Balaban J connectivity index is 2.50. The number of thiophene rings is 1. The normalized spacial score (nSPS) is 10.9. The van der Waals surface area contributed by atoms with Crippen LogP contribution in [0.5, 0.6) is 0 Å². The van der Waals surface area contributed by atoms with E-state index in [-0.39, 0.29) is 11.7 Å². The zero-order valence-electron chi connectivity index (χ0n) is 10.5. The lowest BCUT2D eigenvalue weighted by molar-refractivity contribution is 0.0957. The van der Waals surface area contributed by atoms with E-state index in [2.05, 4.69) is 12.3 Å². The Labute approximate surface area is 119 Å². The van der Waals surface area contributed by atoms with Gasteiger partial charge in [0.15, 0.2) is 0 Å². The van der Waals surface area contributed by atoms with Gasteiger partial charge in [-0.3, -0.25) is 10.2 Å². The number of nitrogens with one attached hydrogen (secondary N) is 1. The summed E-state index contributed by atoms with van der Waals surface area (Å²) >= 11 is 2.98. The second-order valence-electron chi connectivity index (χ2n) is 4.05. The number of rotatable bonds is 5. The van der Waals surface area contributed by atoms with E-state index in [1.807, 2.05) is 6.07 Å². The average Bonchev–Trinajstić information content (AvgIpc) is 2.78. The molecule has 0 saturated heterocycles. The van der Waals surface area contributed by atoms with Gasteiger partial charge in [-0.25, -0.2) is 10.2 Å². The number of hydrazine groups is 1. The highest BCUT2D eigenvalue weighted by Crippen LogP contribution is 2.35. The molecule has 1 amide bonds. The Morgan fingerprint density at radius 3 is 3.00 bits per heavy atom. The van der Waals surface area contributed by atoms with Crippen LogP contribution in [0.4, 0.5) is 4.39 Å². The minimum Gasteiger partial charge on any atom is -0.289 e. The lowest BCUT2D eigenvalue weighted by Crippen LogP contribution is -2.29. The SMILES string of the molecule is CCCSCc1c(C(=O)NN)sc2cccc(F)c12. The van der Waals surface area contributed by atoms with Gasteiger partial charge in [0, 0.05) is 15.8 Å². The molecule has 0 atom stereocenters. The molecule has 0 aliphatic rings. The maximum absolute atomic E-state index is 14.0. The van der Waals surface area contributed by atoms with Crippen LogP contribution >= 0.6 is 23.1 Å². The summed E-state index contributed by atoms with van der Waals surface area (Å²) in [5, 5.41) is 0.551. The predicted octanol–water partition coefficient (Wildman–Crippen LogP) is 3.29. The molecule has 1 heterocycles. The smallest absolute Gasteiger partial charge is 0.275 e. The number of nitrogens with two attached hydrogens (primary N) is 1. The van der Waals surface area contributed by atoms with E-state index in [0.717, 1.165) is 22.4 Å². The monoisotopic (exact) mass is 298 g/mol. The molecule has 3 nitrogen and oxygen atoms in total. The summed E-state index contributed by atoms with van der Waals surface area (Å²) < 4.78 is 14.8. The molecular formula is C13H15FN2OS2. The largest absolute Gasteiger partial charge is 0.289 e. The fourth-order valence-corrected chi connectivity index (χ4v) is 4.03. The molecule has 1 aromatic carbocycles. The topological polar surface area (TPSA) is 55.1 Å². The number of fused-ring (bicyclic) bond motifs is 1. The van der Waals surface area contributed by atoms with Crippen molar-refractivity contribution in [2.75, 3.05) is 5.75 Å². The first-order valence-electron chi connectivity index (χ1n) is 5.97. The van der Waals surface area contributed by atoms with Crippen molar-refractivity contribution in [3.05, 3.63) is 34.5 Å². The molecule has 1 aromatic heterocycles. The van der Waals surface area contributed by atoms with E-state index >= 15 is 0 Å². The van der Waals surface area contributed by atoms with Gasteiger partial charge in [0.25, 0.3) is 5.91 Å². The Morgan fingerprint density at radius 1 is 1.53 bits per heavy atom. The van der Waals surface area contributed by atoms with Crippen molar-refractivity contribution in [1.82, 2.24) is 5.43 Å². The summed E-state index contributed by atoms with van der Waals surface area (Å²) in [6.07, 6.45) is 1.05. The van der Waals surface area contributed by atoms with Gasteiger partial charge >= 0.3 is 0 Å². The van der Waals surface area contributed by atoms with Crippen LogP contribution in [0.3, 0.4) is 0 Å².